The number of benzene rings is 1. The highest BCUT2D eigenvalue weighted by Gasteiger charge is 2.08. The molecule has 0 atom stereocenters. The number of imidazole rings is 1. The van der Waals surface area contributed by atoms with Crippen molar-refractivity contribution in [2.24, 2.45) is 7.05 Å². The maximum Gasteiger partial charge on any atom is 0.121 e. The van der Waals surface area contributed by atoms with E-state index in [1.54, 1.807) is 0 Å². The summed E-state index contributed by atoms with van der Waals surface area (Å²) < 4.78 is 1.91. The van der Waals surface area contributed by atoms with Crippen molar-refractivity contribution in [1.29, 1.82) is 5.26 Å². The molecule has 0 bridgehead atoms. The van der Waals surface area contributed by atoms with E-state index in [9.17, 15) is 0 Å². The second-order valence-corrected chi connectivity index (χ2v) is 5.12. The normalized spacial score (nSPS) is 10.9. The van der Waals surface area contributed by atoms with Crippen LogP contribution in [-0.2, 0) is 20.1 Å². The van der Waals surface area contributed by atoms with Crippen molar-refractivity contribution in [2.45, 2.75) is 20.0 Å². The van der Waals surface area contributed by atoms with Gasteiger partial charge in [0.05, 0.1) is 17.6 Å². The molecule has 0 radical (unpaired) electrons. The number of aromatic amines is 1. The van der Waals surface area contributed by atoms with Crippen molar-refractivity contribution in [3.05, 3.63) is 53.1 Å². The minimum Gasteiger partial charge on any atom is -0.341 e. The molecular formula is C16H17N5. The molecule has 2 heterocycles. The first-order valence-electron chi connectivity index (χ1n) is 6.88. The summed E-state index contributed by atoms with van der Waals surface area (Å²) in [6.07, 6.45) is 0. The first-order valence-corrected chi connectivity index (χ1v) is 6.88. The van der Waals surface area contributed by atoms with Gasteiger partial charge in [0.1, 0.15) is 17.6 Å². The smallest absolute Gasteiger partial charge is 0.121 e. The molecule has 106 valence electrons. The fourth-order valence-electron chi connectivity index (χ4n) is 2.45. The number of nitrogens with one attached hydrogen (secondary N) is 2. The van der Waals surface area contributed by atoms with Crippen LogP contribution in [0.4, 0.5) is 0 Å². The van der Waals surface area contributed by atoms with E-state index in [0.717, 1.165) is 34.7 Å². The molecule has 0 unspecified atom stereocenters. The summed E-state index contributed by atoms with van der Waals surface area (Å²) >= 11 is 0. The molecule has 0 aliphatic heterocycles. The van der Waals surface area contributed by atoms with E-state index in [4.69, 9.17) is 5.26 Å². The summed E-state index contributed by atoms with van der Waals surface area (Å²) in [6.45, 7) is 3.42. The highest BCUT2D eigenvalue weighted by atomic mass is 15.0. The van der Waals surface area contributed by atoms with Crippen LogP contribution in [0.1, 0.15) is 22.8 Å². The molecule has 0 saturated heterocycles. The van der Waals surface area contributed by atoms with Crippen LogP contribution in [0.25, 0.3) is 11.0 Å². The molecule has 5 heteroatoms. The fourth-order valence-corrected chi connectivity index (χ4v) is 2.45. The average molecular weight is 279 g/mol. The standard InChI is InChI=1S/C16H17N5/c1-11-12(7-13(8-17)21(11)2)9-18-10-16-19-14-5-3-4-6-15(14)20-16/h3-7,18H,9-10H2,1-2H3,(H,19,20). The topological polar surface area (TPSA) is 69.4 Å². The summed E-state index contributed by atoms with van der Waals surface area (Å²) in [5, 5.41) is 12.4. The van der Waals surface area contributed by atoms with Gasteiger partial charge in [-0.15, -0.1) is 0 Å². The quantitative estimate of drug-likeness (QED) is 0.770. The minimum atomic E-state index is 0.672. The predicted molar refractivity (Wildman–Crippen MR) is 81.5 cm³/mol. The van der Waals surface area contributed by atoms with Crippen LogP contribution in [0.2, 0.25) is 0 Å². The lowest BCUT2D eigenvalue weighted by molar-refractivity contribution is 0.665. The third kappa shape index (κ3) is 2.54. The van der Waals surface area contributed by atoms with E-state index in [-0.39, 0.29) is 0 Å². The first kappa shape index (κ1) is 13.4. The molecule has 0 spiro atoms. The molecule has 0 fully saturated rings. The Balaban J connectivity index is 1.67. The highest BCUT2D eigenvalue weighted by Crippen LogP contribution is 2.14. The van der Waals surface area contributed by atoms with Crippen molar-refractivity contribution in [1.82, 2.24) is 19.9 Å². The number of para-hydroxylation sites is 2. The van der Waals surface area contributed by atoms with E-state index in [0.29, 0.717) is 12.2 Å². The van der Waals surface area contributed by atoms with Crippen LogP contribution in [0, 0.1) is 18.3 Å². The van der Waals surface area contributed by atoms with Gasteiger partial charge in [-0.25, -0.2) is 4.98 Å². The first-order chi connectivity index (χ1) is 10.2. The molecule has 0 saturated carbocycles. The molecule has 0 aliphatic rings. The molecule has 5 nitrogen and oxygen atoms in total. The van der Waals surface area contributed by atoms with Gasteiger partial charge >= 0.3 is 0 Å². The van der Waals surface area contributed by atoms with Gasteiger partial charge in [-0.3, -0.25) is 0 Å². The summed E-state index contributed by atoms with van der Waals surface area (Å²) in [4.78, 5) is 7.82. The summed E-state index contributed by atoms with van der Waals surface area (Å²) in [7, 11) is 1.91. The molecule has 0 aliphatic carbocycles. The number of aromatic nitrogens is 3. The summed E-state index contributed by atoms with van der Waals surface area (Å²) in [5.41, 5.74) is 4.98. The van der Waals surface area contributed by atoms with Crippen molar-refractivity contribution >= 4 is 11.0 Å². The number of nitriles is 1. The van der Waals surface area contributed by atoms with E-state index in [2.05, 4.69) is 21.4 Å². The number of rotatable bonds is 4. The summed E-state index contributed by atoms with van der Waals surface area (Å²) in [6, 6.07) is 12.1. The minimum absolute atomic E-state index is 0.672. The van der Waals surface area contributed by atoms with Crippen LogP contribution in [-0.4, -0.2) is 14.5 Å². The van der Waals surface area contributed by atoms with Gasteiger partial charge < -0.3 is 14.9 Å². The lowest BCUT2D eigenvalue weighted by Gasteiger charge is -2.03. The Bertz CT molecular complexity index is 786. The van der Waals surface area contributed by atoms with E-state index in [1.165, 1.54) is 0 Å². The van der Waals surface area contributed by atoms with Crippen LogP contribution in [0.3, 0.4) is 0 Å². The van der Waals surface area contributed by atoms with E-state index in [1.807, 2.05) is 48.9 Å². The Hall–Kier alpha value is -2.58. The van der Waals surface area contributed by atoms with Crippen molar-refractivity contribution < 1.29 is 0 Å². The van der Waals surface area contributed by atoms with Gasteiger partial charge in [0.15, 0.2) is 0 Å². The van der Waals surface area contributed by atoms with Crippen LogP contribution < -0.4 is 5.32 Å². The molecule has 0 amide bonds. The third-order valence-electron chi connectivity index (χ3n) is 3.80. The van der Waals surface area contributed by atoms with Crippen LogP contribution in [0.5, 0.6) is 0 Å². The van der Waals surface area contributed by atoms with Gasteiger partial charge in [0, 0.05) is 19.3 Å². The predicted octanol–water partition coefficient (Wildman–Crippen LogP) is 2.37. The van der Waals surface area contributed by atoms with Gasteiger partial charge in [-0.2, -0.15) is 5.26 Å². The Morgan fingerprint density at radius 1 is 1.33 bits per heavy atom. The van der Waals surface area contributed by atoms with Crippen LogP contribution >= 0.6 is 0 Å². The molecule has 2 aromatic heterocycles. The Labute approximate surface area is 123 Å². The van der Waals surface area contributed by atoms with Crippen molar-refractivity contribution in [3.8, 4) is 6.07 Å². The van der Waals surface area contributed by atoms with Crippen molar-refractivity contribution in [2.75, 3.05) is 0 Å². The average Bonchev–Trinajstić information content (AvgIpc) is 3.02. The third-order valence-corrected chi connectivity index (χ3v) is 3.80. The van der Waals surface area contributed by atoms with Gasteiger partial charge in [0.25, 0.3) is 0 Å². The number of nitrogens with zero attached hydrogens (tertiary/aromatic N) is 3. The fraction of sp³-hybridized carbons (Fsp3) is 0.250. The molecule has 1 aromatic carbocycles. The Morgan fingerprint density at radius 3 is 2.86 bits per heavy atom. The zero-order chi connectivity index (χ0) is 14.8. The SMILES string of the molecule is Cc1c(CNCc2nc3ccccc3[nH]2)cc(C#N)n1C. The second-order valence-electron chi connectivity index (χ2n) is 5.12. The zero-order valence-corrected chi connectivity index (χ0v) is 12.1. The monoisotopic (exact) mass is 279 g/mol. The Morgan fingerprint density at radius 2 is 2.14 bits per heavy atom. The number of H-pyrrole nitrogens is 1. The zero-order valence-electron chi connectivity index (χ0n) is 12.1. The molecule has 21 heavy (non-hydrogen) atoms. The van der Waals surface area contributed by atoms with Gasteiger partial charge in [-0.05, 0) is 30.7 Å². The highest BCUT2D eigenvalue weighted by molar-refractivity contribution is 5.74. The number of fused-ring (bicyclic) bond motifs is 1. The molecule has 3 rings (SSSR count). The van der Waals surface area contributed by atoms with Crippen molar-refractivity contribution in [3.63, 3.8) is 0 Å². The maximum atomic E-state index is 9.03. The maximum absolute atomic E-state index is 9.03. The van der Waals surface area contributed by atoms with Gasteiger partial charge in [-0.1, -0.05) is 12.1 Å². The largest absolute Gasteiger partial charge is 0.341 e. The van der Waals surface area contributed by atoms with E-state index >= 15 is 0 Å². The second kappa shape index (κ2) is 5.43. The van der Waals surface area contributed by atoms with Gasteiger partial charge in [0.2, 0.25) is 0 Å². The summed E-state index contributed by atoms with van der Waals surface area (Å²) in [5.74, 6) is 0.922. The molecule has 2 N–H and O–H groups in total. The molecule has 3 aromatic rings. The number of hydrogen-bond acceptors (Lipinski definition) is 3. The van der Waals surface area contributed by atoms with Crippen LogP contribution in [0.15, 0.2) is 30.3 Å². The molecular weight excluding hydrogens is 262 g/mol. The Kier molecular flexibility index (Phi) is 3.46. The lowest BCUT2D eigenvalue weighted by atomic mass is 10.2. The lowest BCUT2D eigenvalue weighted by Crippen LogP contribution is -2.14. The van der Waals surface area contributed by atoms with E-state index < -0.39 is 0 Å². The number of hydrogen-bond donors (Lipinski definition) is 2.